The molecular weight excluding hydrogens is 224 g/mol. The number of hydrogen-bond donors (Lipinski definition) is 0. The van der Waals surface area contributed by atoms with Crippen LogP contribution in [0.3, 0.4) is 0 Å². The number of carbonyl (C=O) groups is 1. The van der Waals surface area contributed by atoms with Gasteiger partial charge in [0.05, 0.1) is 0 Å². The predicted octanol–water partition coefficient (Wildman–Crippen LogP) is 3.48. The quantitative estimate of drug-likeness (QED) is 0.708. The summed E-state index contributed by atoms with van der Waals surface area (Å²) < 4.78 is 5.43. The van der Waals surface area contributed by atoms with Gasteiger partial charge in [0.15, 0.2) is 0 Å². The van der Waals surface area contributed by atoms with Crippen LogP contribution in [-0.2, 0) is 22.4 Å². The van der Waals surface area contributed by atoms with Crippen molar-refractivity contribution in [1.29, 1.82) is 0 Å². The second-order valence-corrected chi connectivity index (χ2v) is 4.98. The van der Waals surface area contributed by atoms with Gasteiger partial charge in [0.25, 0.3) is 0 Å². The molecule has 1 aliphatic rings. The average molecular weight is 245 g/mol. The second-order valence-electron chi connectivity index (χ2n) is 4.98. The fraction of sp³-hybridized carbons (Fsp3) is 0.500. The maximum Gasteiger partial charge on any atom is 0.302 e. The summed E-state index contributed by atoms with van der Waals surface area (Å²) in [6, 6.07) is 8.48. The lowest BCUT2D eigenvalue weighted by Crippen LogP contribution is -2.20. The van der Waals surface area contributed by atoms with Crippen LogP contribution in [0.4, 0.5) is 0 Å². The summed E-state index contributed by atoms with van der Waals surface area (Å²) in [4.78, 5) is 11.1. The van der Waals surface area contributed by atoms with E-state index in [2.05, 4.69) is 30.7 Å². The van der Waals surface area contributed by atoms with E-state index in [0.29, 0.717) is 0 Å². The number of fused-ring (bicyclic) bond motifs is 1. The molecule has 0 amide bonds. The summed E-state index contributed by atoms with van der Waals surface area (Å²) in [5.74, 6) is -0.166. The molecular formula is C16H21O2. The molecule has 0 spiro atoms. The second kappa shape index (κ2) is 6.58. The van der Waals surface area contributed by atoms with Crippen molar-refractivity contribution in [1.82, 2.24) is 0 Å². The Morgan fingerprint density at radius 3 is 2.78 bits per heavy atom. The van der Waals surface area contributed by atoms with Crippen molar-refractivity contribution in [3.8, 4) is 0 Å². The Morgan fingerprint density at radius 1 is 1.22 bits per heavy atom. The lowest BCUT2D eigenvalue weighted by Gasteiger charge is -2.20. The molecule has 0 saturated carbocycles. The van der Waals surface area contributed by atoms with E-state index in [-0.39, 0.29) is 12.1 Å². The van der Waals surface area contributed by atoms with E-state index in [0.717, 1.165) is 32.1 Å². The first-order valence-corrected chi connectivity index (χ1v) is 6.81. The first kappa shape index (κ1) is 13.1. The predicted molar refractivity (Wildman–Crippen MR) is 72.2 cm³/mol. The Balaban J connectivity index is 2.14. The Kier molecular flexibility index (Phi) is 4.80. The summed E-state index contributed by atoms with van der Waals surface area (Å²) in [7, 11) is 0. The number of benzene rings is 1. The molecule has 0 fully saturated rings. The highest BCUT2D eigenvalue weighted by Gasteiger charge is 2.15. The van der Waals surface area contributed by atoms with Crippen molar-refractivity contribution in [2.45, 2.75) is 51.6 Å². The molecule has 2 rings (SSSR count). The topological polar surface area (TPSA) is 26.3 Å². The number of esters is 1. The smallest absolute Gasteiger partial charge is 0.302 e. The molecule has 1 aliphatic carbocycles. The Hall–Kier alpha value is -1.31. The molecule has 0 saturated heterocycles. The van der Waals surface area contributed by atoms with E-state index in [1.165, 1.54) is 24.5 Å². The number of carbonyl (C=O) groups excluding carboxylic acids is 1. The molecule has 0 bridgehead atoms. The third-order valence-electron chi connectivity index (χ3n) is 3.45. The molecule has 18 heavy (non-hydrogen) atoms. The van der Waals surface area contributed by atoms with Gasteiger partial charge in [-0.25, -0.2) is 0 Å². The molecule has 1 radical (unpaired) electrons. The van der Waals surface area contributed by atoms with E-state index in [9.17, 15) is 4.79 Å². The molecule has 1 atom stereocenters. The zero-order valence-electron chi connectivity index (χ0n) is 11.0. The molecule has 1 unspecified atom stereocenters. The minimum Gasteiger partial charge on any atom is -0.462 e. The number of rotatable bonds is 1. The minimum atomic E-state index is -0.166. The largest absolute Gasteiger partial charge is 0.462 e. The van der Waals surface area contributed by atoms with Crippen LogP contribution in [-0.4, -0.2) is 12.1 Å². The molecule has 97 valence electrons. The van der Waals surface area contributed by atoms with E-state index < -0.39 is 0 Å². The van der Waals surface area contributed by atoms with Crippen molar-refractivity contribution in [2.24, 2.45) is 0 Å². The first-order chi connectivity index (χ1) is 8.75. The average Bonchev–Trinajstić information content (AvgIpc) is 2.35. The van der Waals surface area contributed by atoms with E-state index >= 15 is 0 Å². The number of ether oxygens (including phenoxy) is 1. The Morgan fingerprint density at radius 2 is 2.00 bits per heavy atom. The lowest BCUT2D eigenvalue weighted by atomic mass is 9.93. The van der Waals surface area contributed by atoms with Crippen LogP contribution in [0, 0.1) is 6.42 Å². The molecule has 2 heteroatoms. The van der Waals surface area contributed by atoms with Gasteiger partial charge in [-0.2, -0.15) is 0 Å². The van der Waals surface area contributed by atoms with Crippen LogP contribution >= 0.6 is 0 Å². The molecule has 0 heterocycles. The van der Waals surface area contributed by atoms with Gasteiger partial charge < -0.3 is 4.74 Å². The maximum absolute atomic E-state index is 11.1. The van der Waals surface area contributed by atoms with Crippen molar-refractivity contribution < 1.29 is 9.53 Å². The van der Waals surface area contributed by atoms with Gasteiger partial charge in [-0.1, -0.05) is 30.7 Å². The first-order valence-electron chi connectivity index (χ1n) is 6.81. The third-order valence-corrected chi connectivity index (χ3v) is 3.45. The van der Waals surface area contributed by atoms with Gasteiger partial charge in [-0.3, -0.25) is 4.79 Å². The summed E-state index contributed by atoms with van der Waals surface area (Å²) in [5, 5.41) is 0. The highest BCUT2D eigenvalue weighted by Crippen LogP contribution is 2.20. The van der Waals surface area contributed by atoms with Gasteiger partial charge in [0, 0.05) is 13.3 Å². The van der Waals surface area contributed by atoms with E-state index in [1.807, 2.05) is 0 Å². The monoisotopic (exact) mass is 245 g/mol. The van der Waals surface area contributed by atoms with Crippen LogP contribution in [0.25, 0.3) is 0 Å². The highest BCUT2D eigenvalue weighted by atomic mass is 16.5. The summed E-state index contributed by atoms with van der Waals surface area (Å²) >= 11 is 0. The lowest BCUT2D eigenvalue weighted by molar-refractivity contribution is -0.146. The fourth-order valence-corrected chi connectivity index (χ4v) is 2.56. The minimum absolute atomic E-state index is 0.0433. The van der Waals surface area contributed by atoms with Crippen molar-refractivity contribution >= 4 is 5.97 Å². The van der Waals surface area contributed by atoms with E-state index in [1.54, 1.807) is 0 Å². The van der Waals surface area contributed by atoms with Crippen LogP contribution in [0.2, 0.25) is 0 Å². The summed E-state index contributed by atoms with van der Waals surface area (Å²) in [6.45, 7) is 1.50. The van der Waals surface area contributed by atoms with Crippen LogP contribution < -0.4 is 0 Å². The Labute approximate surface area is 109 Å². The molecule has 0 aromatic heterocycles. The van der Waals surface area contributed by atoms with Crippen molar-refractivity contribution in [3.63, 3.8) is 0 Å². The van der Waals surface area contributed by atoms with Crippen molar-refractivity contribution in [3.05, 3.63) is 41.8 Å². The molecule has 1 aromatic carbocycles. The fourth-order valence-electron chi connectivity index (χ4n) is 2.56. The van der Waals surface area contributed by atoms with Crippen LogP contribution in [0.15, 0.2) is 24.3 Å². The standard InChI is InChI=1S/C16H21O2/c1-13(17)18-16-11-5-3-2-4-8-14-9-6-7-10-15(14)12-16/h4,6-7,9-10,16H,2-3,5,8,11-12H2,1H3. The summed E-state index contributed by atoms with van der Waals surface area (Å²) in [6.07, 6.45) is 8.75. The Bertz CT molecular complexity index is 398. The molecule has 0 aliphatic heterocycles. The van der Waals surface area contributed by atoms with Crippen molar-refractivity contribution in [2.75, 3.05) is 0 Å². The van der Waals surface area contributed by atoms with Gasteiger partial charge in [-0.15, -0.1) is 0 Å². The molecule has 0 N–H and O–H groups in total. The highest BCUT2D eigenvalue weighted by molar-refractivity contribution is 5.66. The zero-order chi connectivity index (χ0) is 12.8. The maximum atomic E-state index is 11.1. The van der Waals surface area contributed by atoms with Gasteiger partial charge >= 0.3 is 5.97 Å². The zero-order valence-corrected chi connectivity index (χ0v) is 11.0. The SMILES string of the molecule is CC(=O)OC1CCCC[CH]Cc2ccccc2C1. The normalized spacial score (nSPS) is 20.8. The number of hydrogen-bond acceptors (Lipinski definition) is 2. The summed E-state index contributed by atoms with van der Waals surface area (Å²) in [5.41, 5.74) is 2.69. The van der Waals surface area contributed by atoms with Gasteiger partial charge in [-0.05, 0) is 43.2 Å². The molecule has 1 aromatic rings. The third kappa shape index (κ3) is 3.86. The van der Waals surface area contributed by atoms with Gasteiger partial charge in [0.2, 0.25) is 0 Å². The van der Waals surface area contributed by atoms with Gasteiger partial charge in [0.1, 0.15) is 6.10 Å². The van der Waals surface area contributed by atoms with E-state index in [4.69, 9.17) is 4.74 Å². The van der Waals surface area contributed by atoms with Crippen LogP contribution in [0.1, 0.15) is 43.7 Å². The van der Waals surface area contributed by atoms with Crippen LogP contribution in [0.5, 0.6) is 0 Å². The molecule has 2 nitrogen and oxygen atoms in total.